The number of carbonyl (C=O) groups is 4. The molecule has 1 aromatic heterocycles. The van der Waals surface area contributed by atoms with Gasteiger partial charge in [-0.1, -0.05) is 48.5 Å². The molecule has 0 aliphatic heterocycles. The lowest BCUT2D eigenvalue weighted by Crippen LogP contribution is -2.44. The second kappa shape index (κ2) is 11.0. The summed E-state index contributed by atoms with van der Waals surface area (Å²) in [5.74, 6) is -2.35. The van der Waals surface area contributed by atoms with Gasteiger partial charge in [0.1, 0.15) is 11.0 Å². The molecular weight excluding hydrogens is 466 g/mol. The topological polar surface area (TPSA) is 128 Å². The van der Waals surface area contributed by atoms with E-state index in [0.29, 0.717) is 16.1 Å². The molecule has 9 heteroatoms. The van der Waals surface area contributed by atoms with Crippen LogP contribution in [0.25, 0.3) is 0 Å². The molecule has 35 heavy (non-hydrogen) atoms. The van der Waals surface area contributed by atoms with Crippen molar-refractivity contribution in [2.45, 2.75) is 31.7 Å². The van der Waals surface area contributed by atoms with E-state index < -0.39 is 36.3 Å². The molecule has 0 spiro atoms. The Balaban J connectivity index is 1.41. The number of hydrogen-bond donors (Lipinski definition) is 3. The van der Waals surface area contributed by atoms with Crippen molar-refractivity contribution in [2.24, 2.45) is 5.73 Å². The van der Waals surface area contributed by atoms with Crippen LogP contribution in [-0.4, -0.2) is 36.3 Å². The van der Waals surface area contributed by atoms with E-state index >= 15 is 0 Å². The van der Waals surface area contributed by atoms with Crippen molar-refractivity contribution in [3.05, 3.63) is 87.8 Å². The van der Waals surface area contributed by atoms with E-state index in [1.54, 1.807) is 30.3 Å². The Kier molecular flexibility index (Phi) is 7.57. The van der Waals surface area contributed by atoms with Gasteiger partial charge in [0.2, 0.25) is 0 Å². The zero-order chi connectivity index (χ0) is 24.8. The Morgan fingerprint density at radius 2 is 1.66 bits per heavy atom. The minimum absolute atomic E-state index is 0.198. The van der Waals surface area contributed by atoms with Gasteiger partial charge in [0.05, 0.1) is 5.56 Å². The normalized spacial score (nSPS) is 12.9. The summed E-state index contributed by atoms with van der Waals surface area (Å²) in [6.45, 7) is -0.563. The van der Waals surface area contributed by atoms with Crippen LogP contribution in [-0.2, 0) is 33.6 Å². The number of carbonyl (C=O) groups excluding carboxylic acids is 4. The average Bonchev–Trinajstić information content (AvgIpc) is 3.44. The van der Waals surface area contributed by atoms with Crippen molar-refractivity contribution in [1.82, 2.24) is 5.32 Å². The maximum absolute atomic E-state index is 12.9. The van der Waals surface area contributed by atoms with Crippen LogP contribution in [0.4, 0.5) is 5.00 Å². The predicted octanol–water partition coefficient (Wildman–Crippen LogP) is 2.86. The zero-order valence-corrected chi connectivity index (χ0v) is 19.7. The number of ether oxygens (including phenoxy) is 1. The molecule has 0 saturated carbocycles. The van der Waals surface area contributed by atoms with E-state index in [-0.39, 0.29) is 6.42 Å². The van der Waals surface area contributed by atoms with Gasteiger partial charge in [-0.25, -0.2) is 4.79 Å². The standard InChI is InChI=1S/C26H25N3O5S/c27-23(31)22-18-12-7-13-20(18)35-25(22)29-21(30)15-34-26(33)19(14-16-8-3-1-4-9-16)28-24(32)17-10-5-2-6-11-17/h1-6,8-11,19H,7,12-15H2,(H2,27,31)(H,28,32)(H,29,30). The Morgan fingerprint density at radius 1 is 0.971 bits per heavy atom. The number of amides is 3. The lowest BCUT2D eigenvalue weighted by Gasteiger charge is -2.18. The number of nitrogens with one attached hydrogen (secondary N) is 2. The summed E-state index contributed by atoms with van der Waals surface area (Å²) >= 11 is 1.32. The first-order valence-electron chi connectivity index (χ1n) is 11.2. The number of fused-ring (bicyclic) bond motifs is 1. The molecule has 3 aromatic rings. The summed E-state index contributed by atoms with van der Waals surface area (Å²) in [5, 5.41) is 5.72. The molecule has 1 unspecified atom stereocenters. The molecule has 8 nitrogen and oxygen atoms in total. The van der Waals surface area contributed by atoms with Gasteiger partial charge in [-0.15, -0.1) is 11.3 Å². The van der Waals surface area contributed by atoms with Gasteiger partial charge in [0.15, 0.2) is 6.61 Å². The summed E-state index contributed by atoms with van der Waals surface area (Å²) in [7, 11) is 0. The number of nitrogens with two attached hydrogens (primary N) is 1. The van der Waals surface area contributed by atoms with Crippen molar-refractivity contribution >= 4 is 40.0 Å². The molecule has 0 radical (unpaired) electrons. The van der Waals surface area contributed by atoms with Crippen LogP contribution >= 0.6 is 11.3 Å². The lowest BCUT2D eigenvalue weighted by atomic mass is 10.1. The number of aryl methyl sites for hydroxylation is 1. The van der Waals surface area contributed by atoms with Gasteiger partial charge in [0, 0.05) is 16.9 Å². The summed E-state index contributed by atoms with van der Waals surface area (Å²) < 4.78 is 5.25. The highest BCUT2D eigenvalue weighted by Crippen LogP contribution is 2.38. The van der Waals surface area contributed by atoms with Crippen LogP contribution in [0, 0.1) is 0 Å². The third kappa shape index (κ3) is 5.93. The van der Waals surface area contributed by atoms with Gasteiger partial charge in [-0.05, 0) is 42.5 Å². The van der Waals surface area contributed by atoms with Crippen molar-refractivity contribution < 1.29 is 23.9 Å². The third-order valence-electron chi connectivity index (χ3n) is 5.67. The van der Waals surface area contributed by atoms with Crippen LogP contribution in [0.3, 0.4) is 0 Å². The van der Waals surface area contributed by atoms with Crippen LogP contribution in [0.15, 0.2) is 60.7 Å². The van der Waals surface area contributed by atoms with Crippen molar-refractivity contribution in [3.63, 3.8) is 0 Å². The SMILES string of the molecule is NC(=O)c1c(NC(=O)COC(=O)C(Cc2ccccc2)NC(=O)c2ccccc2)sc2c1CCC2. The fraction of sp³-hybridized carbons (Fsp3) is 0.231. The predicted molar refractivity (Wildman–Crippen MR) is 132 cm³/mol. The van der Waals surface area contributed by atoms with Crippen molar-refractivity contribution in [1.29, 1.82) is 0 Å². The lowest BCUT2D eigenvalue weighted by molar-refractivity contribution is -0.149. The van der Waals surface area contributed by atoms with E-state index in [4.69, 9.17) is 10.5 Å². The van der Waals surface area contributed by atoms with Crippen molar-refractivity contribution in [2.75, 3.05) is 11.9 Å². The first kappa shape index (κ1) is 24.2. The number of esters is 1. The molecule has 1 aliphatic rings. The average molecular weight is 492 g/mol. The van der Waals surface area contributed by atoms with E-state index in [0.717, 1.165) is 35.3 Å². The van der Waals surface area contributed by atoms with Crippen molar-refractivity contribution in [3.8, 4) is 0 Å². The molecule has 1 atom stereocenters. The first-order valence-corrected chi connectivity index (χ1v) is 12.0. The summed E-state index contributed by atoms with van der Waals surface area (Å²) in [6, 6.07) is 16.7. The fourth-order valence-corrected chi connectivity index (χ4v) is 5.34. The number of thiophene rings is 1. The zero-order valence-electron chi connectivity index (χ0n) is 18.9. The minimum Gasteiger partial charge on any atom is -0.454 e. The van der Waals surface area contributed by atoms with Crippen LogP contribution in [0.1, 0.15) is 43.1 Å². The number of hydrogen-bond acceptors (Lipinski definition) is 6. The smallest absolute Gasteiger partial charge is 0.329 e. The van der Waals surface area contributed by atoms with Crippen LogP contribution in [0.2, 0.25) is 0 Å². The number of benzene rings is 2. The van der Waals surface area contributed by atoms with Gasteiger partial charge >= 0.3 is 5.97 Å². The fourth-order valence-electron chi connectivity index (χ4n) is 4.03. The van der Waals surface area contributed by atoms with E-state index in [1.165, 1.54) is 11.3 Å². The number of anilines is 1. The van der Waals surface area contributed by atoms with Crippen LogP contribution < -0.4 is 16.4 Å². The minimum atomic E-state index is -0.996. The molecule has 4 rings (SSSR count). The van der Waals surface area contributed by atoms with Gasteiger partial charge < -0.3 is 21.1 Å². The quantitative estimate of drug-likeness (QED) is 0.397. The summed E-state index contributed by atoms with van der Waals surface area (Å²) in [6.07, 6.45) is 2.73. The molecule has 0 bridgehead atoms. The molecule has 4 N–H and O–H groups in total. The molecule has 2 aromatic carbocycles. The largest absolute Gasteiger partial charge is 0.454 e. The molecule has 3 amide bonds. The second-order valence-corrected chi connectivity index (χ2v) is 9.27. The molecular formula is C26H25N3O5S. The van der Waals surface area contributed by atoms with E-state index in [9.17, 15) is 19.2 Å². The van der Waals surface area contributed by atoms with Gasteiger partial charge in [0.25, 0.3) is 17.7 Å². The monoisotopic (exact) mass is 491 g/mol. The maximum atomic E-state index is 12.9. The Labute approximate surface area is 206 Å². The first-order chi connectivity index (χ1) is 16.9. The summed E-state index contributed by atoms with van der Waals surface area (Å²) in [5.41, 5.74) is 7.98. The maximum Gasteiger partial charge on any atom is 0.329 e. The highest BCUT2D eigenvalue weighted by atomic mass is 32.1. The summed E-state index contributed by atoms with van der Waals surface area (Å²) in [4.78, 5) is 51.0. The molecule has 1 aliphatic carbocycles. The van der Waals surface area contributed by atoms with Gasteiger partial charge in [-0.3, -0.25) is 14.4 Å². The third-order valence-corrected chi connectivity index (χ3v) is 6.88. The number of primary amides is 1. The molecule has 180 valence electrons. The van der Waals surface area contributed by atoms with E-state index in [2.05, 4.69) is 10.6 Å². The molecule has 1 heterocycles. The highest BCUT2D eigenvalue weighted by Gasteiger charge is 2.27. The Morgan fingerprint density at radius 3 is 2.34 bits per heavy atom. The Hall–Kier alpha value is -3.98. The van der Waals surface area contributed by atoms with Gasteiger partial charge in [-0.2, -0.15) is 0 Å². The van der Waals surface area contributed by atoms with E-state index in [1.807, 2.05) is 30.3 Å². The highest BCUT2D eigenvalue weighted by molar-refractivity contribution is 7.17. The molecule has 0 saturated heterocycles. The molecule has 0 fully saturated rings. The Bertz CT molecular complexity index is 1240. The number of rotatable bonds is 9. The van der Waals surface area contributed by atoms with Crippen LogP contribution in [0.5, 0.6) is 0 Å². The second-order valence-electron chi connectivity index (χ2n) is 8.16.